The summed E-state index contributed by atoms with van der Waals surface area (Å²) in [6.45, 7) is 0. The molecule has 0 fully saturated rings. The maximum atomic E-state index is 12.6. The van der Waals surface area contributed by atoms with E-state index in [1.165, 1.54) is 38.5 Å². The standard InChI is InChI=1S/C18H17N3O6S2/c1-25-13-7-14(26-2)9-15(8-13)27-17-20-21-18(28-17)29(23,24)10-11-3-5-12(6-4-11)16(19)22/h3-9H,10H2,1-2H3,(H2,19,22). The summed E-state index contributed by atoms with van der Waals surface area (Å²) in [5, 5.41) is 7.58. The number of ether oxygens (including phenoxy) is 3. The molecule has 3 aromatic rings. The number of amides is 1. The molecule has 2 aromatic carbocycles. The van der Waals surface area contributed by atoms with E-state index in [0.717, 1.165) is 11.3 Å². The fourth-order valence-electron chi connectivity index (χ4n) is 2.35. The maximum Gasteiger partial charge on any atom is 0.300 e. The molecule has 1 heterocycles. The molecule has 0 saturated heterocycles. The number of aromatic nitrogens is 2. The first-order valence-electron chi connectivity index (χ1n) is 8.16. The Kier molecular flexibility index (Phi) is 5.99. The van der Waals surface area contributed by atoms with Crippen molar-refractivity contribution in [2.75, 3.05) is 14.2 Å². The van der Waals surface area contributed by atoms with Gasteiger partial charge in [0.1, 0.15) is 17.2 Å². The molecule has 0 radical (unpaired) electrons. The molecule has 152 valence electrons. The lowest BCUT2D eigenvalue weighted by Crippen LogP contribution is -2.11. The summed E-state index contributed by atoms with van der Waals surface area (Å²) in [6.07, 6.45) is 0. The zero-order chi connectivity index (χ0) is 21.0. The van der Waals surface area contributed by atoms with Gasteiger partial charge in [-0.15, -0.1) is 5.10 Å². The van der Waals surface area contributed by atoms with Crippen LogP contribution in [-0.2, 0) is 15.6 Å². The Balaban J connectivity index is 1.77. The lowest BCUT2D eigenvalue weighted by atomic mass is 10.1. The third kappa shape index (κ3) is 5.00. The molecule has 0 spiro atoms. The Hall–Kier alpha value is -3.18. The van der Waals surface area contributed by atoms with Crippen molar-refractivity contribution < 1.29 is 27.4 Å². The van der Waals surface area contributed by atoms with Crippen molar-refractivity contribution in [3.63, 3.8) is 0 Å². The maximum absolute atomic E-state index is 12.6. The number of hydrogen-bond donors (Lipinski definition) is 1. The SMILES string of the molecule is COc1cc(OC)cc(Oc2nnc(S(=O)(=O)Cc3ccc(C(N)=O)cc3)s2)c1. The van der Waals surface area contributed by atoms with Crippen LogP contribution in [-0.4, -0.2) is 38.7 Å². The van der Waals surface area contributed by atoms with Gasteiger partial charge in [-0.05, 0) is 29.0 Å². The van der Waals surface area contributed by atoms with Gasteiger partial charge in [0.05, 0.1) is 20.0 Å². The number of hydrogen-bond acceptors (Lipinski definition) is 9. The van der Waals surface area contributed by atoms with Gasteiger partial charge in [0.25, 0.3) is 0 Å². The minimum Gasteiger partial charge on any atom is -0.496 e. The molecule has 1 amide bonds. The Morgan fingerprint density at radius 2 is 1.59 bits per heavy atom. The van der Waals surface area contributed by atoms with Crippen LogP contribution in [0.3, 0.4) is 0 Å². The van der Waals surface area contributed by atoms with Crippen LogP contribution in [0.25, 0.3) is 0 Å². The van der Waals surface area contributed by atoms with E-state index in [9.17, 15) is 13.2 Å². The number of carbonyl (C=O) groups excluding carboxylic acids is 1. The molecule has 3 rings (SSSR count). The number of nitrogens with zero attached hydrogens (tertiary/aromatic N) is 2. The molecule has 0 aliphatic rings. The van der Waals surface area contributed by atoms with E-state index in [0.29, 0.717) is 28.4 Å². The van der Waals surface area contributed by atoms with Crippen LogP contribution >= 0.6 is 11.3 Å². The van der Waals surface area contributed by atoms with E-state index in [2.05, 4.69) is 10.2 Å². The van der Waals surface area contributed by atoms with Gasteiger partial charge in [0, 0.05) is 23.8 Å². The Morgan fingerprint density at radius 3 is 2.14 bits per heavy atom. The van der Waals surface area contributed by atoms with E-state index in [4.69, 9.17) is 19.9 Å². The molecule has 0 atom stereocenters. The third-order valence-corrected chi connectivity index (χ3v) is 6.71. The predicted molar refractivity (Wildman–Crippen MR) is 105 cm³/mol. The zero-order valence-corrected chi connectivity index (χ0v) is 17.1. The van der Waals surface area contributed by atoms with Gasteiger partial charge in [-0.25, -0.2) is 8.42 Å². The van der Waals surface area contributed by atoms with Crippen molar-refractivity contribution in [3.8, 4) is 22.4 Å². The van der Waals surface area contributed by atoms with Crippen LogP contribution in [0.5, 0.6) is 22.4 Å². The molecule has 0 aliphatic carbocycles. The van der Waals surface area contributed by atoms with E-state index in [1.807, 2.05) is 0 Å². The molecule has 0 saturated carbocycles. The summed E-state index contributed by atoms with van der Waals surface area (Å²) in [5.74, 6) is 0.503. The highest BCUT2D eigenvalue weighted by atomic mass is 32.2. The lowest BCUT2D eigenvalue weighted by Gasteiger charge is -2.07. The minimum atomic E-state index is -3.74. The molecule has 0 unspecified atom stereocenters. The second kappa shape index (κ2) is 8.45. The summed E-state index contributed by atoms with van der Waals surface area (Å²) in [6, 6.07) is 10.9. The van der Waals surface area contributed by atoms with Gasteiger partial charge in [0.15, 0.2) is 0 Å². The fourth-order valence-corrected chi connectivity index (χ4v) is 4.62. The van der Waals surface area contributed by atoms with Gasteiger partial charge >= 0.3 is 5.19 Å². The van der Waals surface area contributed by atoms with Crippen LogP contribution in [0.2, 0.25) is 0 Å². The average Bonchev–Trinajstić information content (AvgIpc) is 3.17. The Labute approximate surface area is 171 Å². The molecular formula is C18H17N3O6S2. The van der Waals surface area contributed by atoms with Crippen LogP contribution < -0.4 is 19.9 Å². The highest BCUT2D eigenvalue weighted by molar-refractivity contribution is 7.92. The summed E-state index contributed by atoms with van der Waals surface area (Å²) in [4.78, 5) is 11.1. The quantitative estimate of drug-likeness (QED) is 0.571. The van der Waals surface area contributed by atoms with Crippen LogP contribution in [0.1, 0.15) is 15.9 Å². The van der Waals surface area contributed by atoms with E-state index in [-0.39, 0.29) is 15.3 Å². The first kappa shape index (κ1) is 20.6. The number of sulfone groups is 1. The van der Waals surface area contributed by atoms with Gasteiger partial charge < -0.3 is 19.9 Å². The van der Waals surface area contributed by atoms with Crippen molar-refractivity contribution in [2.24, 2.45) is 5.73 Å². The van der Waals surface area contributed by atoms with Gasteiger partial charge in [-0.3, -0.25) is 4.79 Å². The summed E-state index contributed by atoms with van der Waals surface area (Å²) >= 11 is 0.801. The third-order valence-electron chi connectivity index (χ3n) is 3.78. The topological polar surface area (TPSA) is 131 Å². The largest absolute Gasteiger partial charge is 0.496 e. The highest BCUT2D eigenvalue weighted by Gasteiger charge is 2.22. The highest BCUT2D eigenvalue weighted by Crippen LogP contribution is 2.33. The van der Waals surface area contributed by atoms with Crippen LogP contribution in [0.4, 0.5) is 0 Å². The Bertz CT molecular complexity index is 1100. The van der Waals surface area contributed by atoms with Crippen LogP contribution in [0, 0.1) is 0 Å². The van der Waals surface area contributed by atoms with Crippen molar-refractivity contribution >= 4 is 27.1 Å². The number of carbonyl (C=O) groups is 1. The van der Waals surface area contributed by atoms with E-state index < -0.39 is 15.7 Å². The first-order valence-corrected chi connectivity index (χ1v) is 10.6. The van der Waals surface area contributed by atoms with E-state index >= 15 is 0 Å². The monoisotopic (exact) mass is 435 g/mol. The van der Waals surface area contributed by atoms with Crippen molar-refractivity contribution in [1.82, 2.24) is 10.2 Å². The molecule has 1 aromatic heterocycles. The number of rotatable bonds is 8. The number of nitrogens with two attached hydrogens (primary N) is 1. The number of primary amides is 1. The summed E-state index contributed by atoms with van der Waals surface area (Å²) in [7, 11) is -0.736. The molecule has 0 aliphatic heterocycles. The normalized spacial score (nSPS) is 11.1. The van der Waals surface area contributed by atoms with Gasteiger partial charge in [-0.1, -0.05) is 17.2 Å². The number of benzene rings is 2. The molecular weight excluding hydrogens is 418 g/mol. The predicted octanol–water partition coefficient (Wildman–Crippen LogP) is 2.42. The van der Waals surface area contributed by atoms with Gasteiger partial charge in [-0.2, -0.15) is 0 Å². The van der Waals surface area contributed by atoms with E-state index in [1.54, 1.807) is 18.2 Å². The summed E-state index contributed by atoms with van der Waals surface area (Å²) < 4.78 is 41.0. The fraction of sp³-hybridized carbons (Fsp3) is 0.167. The van der Waals surface area contributed by atoms with Gasteiger partial charge in [0.2, 0.25) is 20.1 Å². The second-order valence-corrected chi connectivity index (χ2v) is 8.91. The molecule has 11 heteroatoms. The van der Waals surface area contributed by atoms with Crippen molar-refractivity contribution in [1.29, 1.82) is 0 Å². The Morgan fingerprint density at radius 1 is 1.00 bits per heavy atom. The molecule has 2 N–H and O–H groups in total. The number of methoxy groups -OCH3 is 2. The van der Waals surface area contributed by atoms with Crippen molar-refractivity contribution in [2.45, 2.75) is 10.1 Å². The molecule has 9 nitrogen and oxygen atoms in total. The summed E-state index contributed by atoms with van der Waals surface area (Å²) in [5.41, 5.74) is 5.97. The first-order chi connectivity index (χ1) is 13.8. The lowest BCUT2D eigenvalue weighted by molar-refractivity contribution is 0.100. The average molecular weight is 435 g/mol. The molecule has 29 heavy (non-hydrogen) atoms. The van der Waals surface area contributed by atoms with Crippen LogP contribution in [0.15, 0.2) is 46.8 Å². The smallest absolute Gasteiger partial charge is 0.300 e. The van der Waals surface area contributed by atoms with Crippen molar-refractivity contribution in [3.05, 3.63) is 53.6 Å². The zero-order valence-electron chi connectivity index (χ0n) is 15.5. The molecule has 0 bridgehead atoms. The minimum absolute atomic E-state index is 0.0583. The second-order valence-electron chi connectivity index (χ2n) is 5.80.